The number of nitrogens with one attached hydrogen (secondary N) is 1. The van der Waals surface area contributed by atoms with Crippen LogP contribution in [0.1, 0.15) is 22.8 Å². The summed E-state index contributed by atoms with van der Waals surface area (Å²) in [5.74, 6) is -0.533. The molecule has 0 aliphatic heterocycles. The van der Waals surface area contributed by atoms with Gasteiger partial charge in [0.15, 0.2) is 0 Å². The van der Waals surface area contributed by atoms with Crippen molar-refractivity contribution in [2.45, 2.75) is 6.92 Å². The van der Waals surface area contributed by atoms with Crippen molar-refractivity contribution in [3.8, 4) is 0 Å². The molecule has 1 aromatic rings. The molecule has 0 fully saturated rings. The predicted molar refractivity (Wildman–Crippen MR) is 74.6 cm³/mol. The minimum Gasteiger partial charge on any atom is -0.458 e. The van der Waals surface area contributed by atoms with E-state index >= 15 is 0 Å². The molecule has 0 aromatic heterocycles. The van der Waals surface area contributed by atoms with Gasteiger partial charge >= 0.3 is 5.97 Å². The van der Waals surface area contributed by atoms with Crippen molar-refractivity contribution < 1.29 is 14.3 Å². The Morgan fingerprint density at radius 3 is 2.53 bits per heavy atom. The average molecular weight is 259 g/mol. The lowest BCUT2D eigenvalue weighted by atomic mass is 10.1. The van der Waals surface area contributed by atoms with Gasteiger partial charge in [-0.15, -0.1) is 0 Å². The number of benzene rings is 1. The standard InChI is InChI=1S/C15H17NO3/c1-3-4-11-19-14(17)10-7-12-5-8-13(9-6-12)15(18)16-2/h3-10H,11H2,1-2H3,(H,16,18)/b4-3+,10-7+. The van der Waals surface area contributed by atoms with Crippen LogP contribution < -0.4 is 5.32 Å². The van der Waals surface area contributed by atoms with Gasteiger partial charge in [-0.3, -0.25) is 4.79 Å². The summed E-state index contributed by atoms with van der Waals surface area (Å²) < 4.78 is 4.91. The van der Waals surface area contributed by atoms with Crippen molar-refractivity contribution in [2.24, 2.45) is 0 Å². The summed E-state index contributed by atoms with van der Waals surface area (Å²) in [6.45, 7) is 2.13. The van der Waals surface area contributed by atoms with Crippen molar-refractivity contribution in [2.75, 3.05) is 13.7 Å². The first-order chi connectivity index (χ1) is 9.17. The smallest absolute Gasteiger partial charge is 0.331 e. The molecule has 100 valence electrons. The Morgan fingerprint density at radius 1 is 1.26 bits per heavy atom. The van der Waals surface area contributed by atoms with Gasteiger partial charge in [-0.05, 0) is 30.7 Å². The molecule has 4 nitrogen and oxygen atoms in total. The highest BCUT2D eigenvalue weighted by Gasteiger charge is 2.01. The number of carbonyl (C=O) groups excluding carboxylic acids is 2. The van der Waals surface area contributed by atoms with Crippen LogP contribution in [0.15, 0.2) is 42.5 Å². The van der Waals surface area contributed by atoms with Gasteiger partial charge in [-0.1, -0.05) is 24.3 Å². The maximum Gasteiger partial charge on any atom is 0.331 e. The summed E-state index contributed by atoms with van der Waals surface area (Å²) >= 11 is 0. The van der Waals surface area contributed by atoms with E-state index in [9.17, 15) is 9.59 Å². The first-order valence-corrected chi connectivity index (χ1v) is 5.95. The third-order valence-electron chi connectivity index (χ3n) is 2.37. The Morgan fingerprint density at radius 2 is 1.95 bits per heavy atom. The zero-order valence-electron chi connectivity index (χ0n) is 11.1. The van der Waals surface area contributed by atoms with Gasteiger partial charge in [0.2, 0.25) is 0 Å². The van der Waals surface area contributed by atoms with Crippen molar-refractivity contribution >= 4 is 18.0 Å². The average Bonchev–Trinajstić information content (AvgIpc) is 2.45. The molecule has 1 aromatic carbocycles. The van der Waals surface area contributed by atoms with Crippen LogP contribution in [0, 0.1) is 0 Å². The fourth-order valence-electron chi connectivity index (χ4n) is 1.33. The van der Waals surface area contributed by atoms with E-state index < -0.39 is 5.97 Å². The Kier molecular flexibility index (Phi) is 6.09. The van der Waals surface area contributed by atoms with E-state index in [1.54, 1.807) is 43.5 Å². The summed E-state index contributed by atoms with van der Waals surface area (Å²) in [4.78, 5) is 22.6. The highest BCUT2D eigenvalue weighted by molar-refractivity contribution is 5.94. The van der Waals surface area contributed by atoms with Crippen molar-refractivity contribution in [3.05, 3.63) is 53.6 Å². The first kappa shape index (κ1) is 14.7. The number of amides is 1. The molecule has 19 heavy (non-hydrogen) atoms. The normalized spacial score (nSPS) is 10.8. The molecule has 0 aliphatic carbocycles. The molecule has 0 atom stereocenters. The molecule has 1 amide bonds. The molecule has 0 radical (unpaired) electrons. The van der Waals surface area contributed by atoms with Crippen molar-refractivity contribution in [1.29, 1.82) is 0 Å². The number of hydrogen-bond donors (Lipinski definition) is 1. The third kappa shape index (κ3) is 5.21. The molecule has 4 heteroatoms. The van der Waals surface area contributed by atoms with Crippen molar-refractivity contribution in [3.63, 3.8) is 0 Å². The van der Waals surface area contributed by atoms with Gasteiger partial charge in [0.25, 0.3) is 5.91 Å². The number of rotatable bonds is 5. The highest BCUT2D eigenvalue weighted by atomic mass is 16.5. The molecular weight excluding hydrogens is 242 g/mol. The minimum atomic E-state index is -0.395. The maximum atomic E-state index is 11.3. The third-order valence-corrected chi connectivity index (χ3v) is 2.37. The summed E-state index contributed by atoms with van der Waals surface area (Å²) in [6, 6.07) is 6.92. The SMILES string of the molecule is C/C=C/COC(=O)/C=C/c1ccc(C(=O)NC)cc1. The lowest BCUT2D eigenvalue weighted by molar-refractivity contribution is -0.136. The van der Waals surface area contributed by atoms with Crippen LogP contribution in [0.25, 0.3) is 6.08 Å². The van der Waals surface area contributed by atoms with E-state index in [1.807, 2.05) is 13.0 Å². The van der Waals surface area contributed by atoms with Gasteiger partial charge in [-0.25, -0.2) is 4.79 Å². The van der Waals surface area contributed by atoms with E-state index in [0.717, 1.165) is 5.56 Å². The number of hydrogen-bond acceptors (Lipinski definition) is 3. The lowest BCUT2D eigenvalue weighted by Crippen LogP contribution is -2.17. The van der Waals surface area contributed by atoms with Crippen LogP contribution in [0.3, 0.4) is 0 Å². The number of allylic oxidation sites excluding steroid dienone is 1. The first-order valence-electron chi connectivity index (χ1n) is 5.95. The number of esters is 1. The Bertz CT molecular complexity index is 487. The summed E-state index contributed by atoms with van der Waals surface area (Å²) in [6.07, 6.45) is 6.57. The Balaban J connectivity index is 2.57. The molecule has 0 spiro atoms. The summed E-state index contributed by atoms with van der Waals surface area (Å²) in [7, 11) is 1.58. The van der Waals surface area contributed by atoms with Gasteiger partial charge in [0.1, 0.15) is 6.61 Å². The fourth-order valence-corrected chi connectivity index (χ4v) is 1.33. The van der Waals surface area contributed by atoms with Crippen LogP contribution in [-0.4, -0.2) is 25.5 Å². The van der Waals surface area contributed by atoms with Crippen LogP contribution in [0.5, 0.6) is 0 Å². The maximum absolute atomic E-state index is 11.3. The van der Waals surface area contributed by atoms with Crippen LogP contribution in [0.4, 0.5) is 0 Å². The van der Waals surface area contributed by atoms with Crippen LogP contribution in [-0.2, 0) is 9.53 Å². The molecule has 0 aliphatic rings. The highest BCUT2D eigenvalue weighted by Crippen LogP contribution is 2.06. The lowest BCUT2D eigenvalue weighted by Gasteiger charge is -2.00. The van der Waals surface area contributed by atoms with E-state index in [1.165, 1.54) is 6.08 Å². The molecule has 0 unspecified atom stereocenters. The zero-order chi connectivity index (χ0) is 14.1. The molecular formula is C15H17NO3. The van der Waals surface area contributed by atoms with Gasteiger partial charge in [0.05, 0.1) is 0 Å². The van der Waals surface area contributed by atoms with E-state index in [0.29, 0.717) is 5.56 Å². The second kappa shape index (κ2) is 7.87. The second-order valence-electron chi connectivity index (χ2n) is 3.73. The minimum absolute atomic E-state index is 0.138. The van der Waals surface area contributed by atoms with Crippen LogP contribution >= 0.6 is 0 Å². The molecule has 1 rings (SSSR count). The second-order valence-corrected chi connectivity index (χ2v) is 3.73. The Labute approximate surface area is 112 Å². The fraction of sp³-hybridized carbons (Fsp3) is 0.200. The van der Waals surface area contributed by atoms with E-state index in [4.69, 9.17) is 4.74 Å². The Hall–Kier alpha value is -2.36. The summed E-state index contributed by atoms with van der Waals surface area (Å²) in [5, 5.41) is 2.54. The van der Waals surface area contributed by atoms with E-state index in [2.05, 4.69) is 5.32 Å². The molecule has 0 saturated carbocycles. The predicted octanol–water partition coefficient (Wildman–Crippen LogP) is 2.18. The van der Waals surface area contributed by atoms with Crippen LogP contribution in [0.2, 0.25) is 0 Å². The van der Waals surface area contributed by atoms with E-state index in [-0.39, 0.29) is 12.5 Å². The molecule has 0 heterocycles. The molecule has 1 N–H and O–H groups in total. The largest absolute Gasteiger partial charge is 0.458 e. The monoisotopic (exact) mass is 259 g/mol. The van der Waals surface area contributed by atoms with Crippen molar-refractivity contribution in [1.82, 2.24) is 5.32 Å². The number of ether oxygens (including phenoxy) is 1. The zero-order valence-corrected chi connectivity index (χ0v) is 11.1. The number of carbonyl (C=O) groups is 2. The van der Waals surface area contributed by atoms with Gasteiger partial charge in [0, 0.05) is 18.7 Å². The molecule has 0 saturated heterocycles. The quantitative estimate of drug-likeness (QED) is 0.501. The topological polar surface area (TPSA) is 55.4 Å². The molecule has 0 bridgehead atoms. The summed E-state index contributed by atoms with van der Waals surface area (Å²) in [5.41, 5.74) is 1.41. The van der Waals surface area contributed by atoms with Gasteiger partial charge < -0.3 is 10.1 Å². The van der Waals surface area contributed by atoms with Gasteiger partial charge in [-0.2, -0.15) is 0 Å².